The van der Waals surface area contributed by atoms with E-state index in [1.54, 1.807) is 12.1 Å². The molecule has 5 nitrogen and oxygen atoms in total. The van der Waals surface area contributed by atoms with Gasteiger partial charge in [-0.2, -0.15) is 0 Å². The predicted octanol–water partition coefficient (Wildman–Crippen LogP) is 1.39. The number of nitrogens with one attached hydrogen (secondary N) is 2. The summed E-state index contributed by atoms with van der Waals surface area (Å²) in [7, 11) is 3.88. The Labute approximate surface area is 133 Å². The number of amides is 2. The van der Waals surface area contributed by atoms with Gasteiger partial charge in [-0.25, -0.2) is 0 Å². The predicted molar refractivity (Wildman–Crippen MR) is 89.0 cm³/mol. The van der Waals surface area contributed by atoms with Crippen molar-refractivity contribution in [1.29, 1.82) is 0 Å². The second-order valence-electron chi connectivity index (χ2n) is 6.66. The lowest BCUT2D eigenvalue weighted by Crippen LogP contribution is -2.39. The van der Waals surface area contributed by atoms with Crippen molar-refractivity contribution in [3.63, 3.8) is 0 Å². The van der Waals surface area contributed by atoms with Gasteiger partial charge >= 0.3 is 0 Å². The molecule has 0 spiro atoms. The molecule has 0 aliphatic heterocycles. The molecule has 0 aliphatic carbocycles. The van der Waals surface area contributed by atoms with Crippen molar-refractivity contribution in [3.05, 3.63) is 35.4 Å². The van der Waals surface area contributed by atoms with E-state index in [1.165, 1.54) is 5.56 Å². The minimum atomic E-state index is -0.233. The van der Waals surface area contributed by atoms with Crippen LogP contribution in [0.2, 0.25) is 0 Å². The molecule has 22 heavy (non-hydrogen) atoms. The molecular weight excluding hydrogens is 278 g/mol. The fourth-order valence-electron chi connectivity index (χ4n) is 1.87. The first-order valence-electron chi connectivity index (χ1n) is 7.50. The molecule has 2 amide bonds. The third-order valence-corrected chi connectivity index (χ3v) is 3.30. The van der Waals surface area contributed by atoms with Crippen molar-refractivity contribution in [1.82, 2.24) is 15.5 Å². The van der Waals surface area contributed by atoms with Gasteiger partial charge < -0.3 is 15.5 Å². The van der Waals surface area contributed by atoms with Crippen LogP contribution in [0.1, 0.15) is 36.7 Å². The maximum atomic E-state index is 12.0. The Balaban J connectivity index is 2.44. The molecular formula is C17H27N3O2. The Hall–Kier alpha value is -1.88. The maximum absolute atomic E-state index is 12.0. The van der Waals surface area contributed by atoms with E-state index in [9.17, 15) is 9.59 Å². The van der Waals surface area contributed by atoms with Crippen molar-refractivity contribution in [3.8, 4) is 0 Å². The van der Waals surface area contributed by atoms with Gasteiger partial charge in [-0.15, -0.1) is 0 Å². The standard InChI is InChI=1S/C17H27N3O2/c1-17(2,3)14-8-6-13(7-9-14)16(22)19-12-15(21)18-10-11-20(4)5/h6-9H,10-12H2,1-5H3,(H,18,21)(H,19,22). The molecule has 1 rings (SSSR count). The molecule has 0 fully saturated rings. The summed E-state index contributed by atoms with van der Waals surface area (Å²) in [5.74, 6) is -0.412. The first-order chi connectivity index (χ1) is 10.2. The molecule has 0 saturated carbocycles. The van der Waals surface area contributed by atoms with Gasteiger partial charge in [-0.3, -0.25) is 9.59 Å². The molecule has 2 N–H and O–H groups in total. The van der Waals surface area contributed by atoms with Crippen molar-refractivity contribution >= 4 is 11.8 Å². The van der Waals surface area contributed by atoms with Crippen LogP contribution >= 0.6 is 0 Å². The van der Waals surface area contributed by atoms with Crippen molar-refractivity contribution in [2.75, 3.05) is 33.7 Å². The minimum Gasteiger partial charge on any atom is -0.353 e. The number of hydrogen-bond acceptors (Lipinski definition) is 3. The van der Waals surface area contributed by atoms with Crippen LogP contribution in [0, 0.1) is 0 Å². The summed E-state index contributed by atoms with van der Waals surface area (Å²) in [6.07, 6.45) is 0. The summed E-state index contributed by atoms with van der Waals surface area (Å²) in [6, 6.07) is 7.48. The van der Waals surface area contributed by atoms with E-state index in [0.717, 1.165) is 6.54 Å². The molecule has 0 unspecified atom stereocenters. The number of nitrogens with zero attached hydrogens (tertiary/aromatic N) is 1. The van der Waals surface area contributed by atoms with Gasteiger partial charge in [-0.05, 0) is 37.2 Å². The quantitative estimate of drug-likeness (QED) is 0.835. The number of hydrogen-bond donors (Lipinski definition) is 2. The number of carbonyl (C=O) groups excluding carboxylic acids is 2. The van der Waals surface area contributed by atoms with E-state index in [0.29, 0.717) is 12.1 Å². The Kier molecular flexibility index (Phi) is 6.56. The summed E-state index contributed by atoms with van der Waals surface area (Å²) >= 11 is 0. The van der Waals surface area contributed by atoms with Crippen molar-refractivity contribution in [2.24, 2.45) is 0 Å². The monoisotopic (exact) mass is 305 g/mol. The second-order valence-corrected chi connectivity index (χ2v) is 6.66. The van der Waals surface area contributed by atoms with Gasteiger partial charge in [0, 0.05) is 18.7 Å². The van der Waals surface area contributed by atoms with E-state index in [2.05, 4.69) is 31.4 Å². The SMILES string of the molecule is CN(C)CCNC(=O)CNC(=O)c1ccc(C(C)(C)C)cc1. The van der Waals surface area contributed by atoms with Gasteiger partial charge in [-0.1, -0.05) is 32.9 Å². The van der Waals surface area contributed by atoms with Crippen LogP contribution in [0.4, 0.5) is 0 Å². The molecule has 1 aromatic rings. The van der Waals surface area contributed by atoms with Gasteiger partial charge in [0.05, 0.1) is 6.54 Å². The van der Waals surface area contributed by atoms with Crippen LogP contribution in [0.25, 0.3) is 0 Å². The molecule has 0 aliphatic rings. The number of rotatable bonds is 6. The van der Waals surface area contributed by atoms with E-state index >= 15 is 0 Å². The fraction of sp³-hybridized carbons (Fsp3) is 0.529. The molecule has 0 heterocycles. The molecule has 1 aromatic carbocycles. The molecule has 0 aromatic heterocycles. The minimum absolute atomic E-state index is 0.00666. The largest absolute Gasteiger partial charge is 0.353 e. The topological polar surface area (TPSA) is 61.4 Å². The molecule has 122 valence electrons. The maximum Gasteiger partial charge on any atom is 0.251 e. The van der Waals surface area contributed by atoms with E-state index in [-0.39, 0.29) is 23.8 Å². The average molecular weight is 305 g/mol. The van der Waals surface area contributed by atoms with Crippen LogP contribution in [0.15, 0.2) is 24.3 Å². The third kappa shape index (κ3) is 6.26. The van der Waals surface area contributed by atoms with Gasteiger partial charge in [0.1, 0.15) is 0 Å². The van der Waals surface area contributed by atoms with Crippen LogP contribution < -0.4 is 10.6 Å². The fourth-order valence-corrected chi connectivity index (χ4v) is 1.87. The van der Waals surface area contributed by atoms with Crippen molar-refractivity contribution in [2.45, 2.75) is 26.2 Å². The Morgan fingerprint density at radius 1 is 1.05 bits per heavy atom. The first-order valence-corrected chi connectivity index (χ1v) is 7.50. The van der Waals surface area contributed by atoms with Gasteiger partial charge in [0.15, 0.2) is 0 Å². The summed E-state index contributed by atoms with van der Waals surface area (Å²) in [4.78, 5) is 25.6. The number of carbonyl (C=O) groups is 2. The van der Waals surface area contributed by atoms with Gasteiger partial charge in [0.25, 0.3) is 5.91 Å². The summed E-state index contributed by atoms with van der Waals surface area (Å²) in [5.41, 5.74) is 1.79. The zero-order chi connectivity index (χ0) is 16.8. The summed E-state index contributed by atoms with van der Waals surface area (Å²) < 4.78 is 0. The Morgan fingerprint density at radius 3 is 2.14 bits per heavy atom. The molecule has 0 saturated heterocycles. The summed E-state index contributed by atoms with van der Waals surface area (Å²) in [6.45, 7) is 7.71. The van der Waals surface area contributed by atoms with E-state index in [1.807, 2.05) is 31.1 Å². The highest BCUT2D eigenvalue weighted by atomic mass is 16.2. The molecule has 0 atom stereocenters. The molecule has 0 radical (unpaired) electrons. The van der Waals surface area contributed by atoms with Crippen LogP contribution in [-0.2, 0) is 10.2 Å². The van der Waals surface area contributed by atoms with Crippen molar-refractivity contribution < 1.29 is 9.59 Å². The molecule has 0 bridgehead atoms. The van der Waals surface area contributed by atoms with E-state index < -0.39 is 0 Å². The Morgan fingerprint density at radius 2 is 1.64 bits per heavy atom. The normalized spacial score (nSPS) is 11.4. The molecule has 5 heteroatoms. The highest BCUT2D eigenvalue weighted by Crippen LogP contribution is 2.22. The summed E-state index contributed by atoms with van der Waals surface area (Å²) in [5, 5.41) is 5.38. The second kappa shape index (κ2) is 7.94. The Bertz CT molecular complexity index is 502. The number of likely N-dealkylation sites (N-methyl/N-ethyl adjacent to an activating group) is 1. The van der Waals surface area contributed by atoms with Gasteiger partial charge in [0.2, 0.25) is 5.91 Å². The lowest BCUT2D eigenvalue weighted by Gasteiger charge is -2.19. The third-order valence-electron chi connectivity index (χ3n) is 3.30. The zero-order valence-electron chi connectivity index (χ0n) is 14.2. The van der Waals surface area contributed by atoms with E-state index in [4.69, 9.17) is 0 Å². The lowest BCUT2D eigenvalue weighted by atomic mass is 9.87. The highest BCUT2D eigenvalue weighted by Gasteiger charge is 2.14. The first kappa shape index (κ1) is 18.2. The average Bonchev–Trinajstić information content (AvgIpc) is 2.43. The van der Waals surface area contributed by atoms with Crippen LogP contribution in [0.5, 0.6) is 0 Å². The number of benzene rings is 1. The smallest absolute Gasteiger partial charge is 0.251 e. The van der Waals surface area contributed by atoms with Crippen LogP contribution in [0.3, 0.4) is 0 Å². The lowest BCUT2D eigenvalue weighted by molar-refractivity contribution is -0.120. The zero-order valence-corrected chi connectivity index (χ0v) is 14.2. The highest BCUT2D eigenvalue weighted by molar-refractivity contribution is 5.96. The van der Waals surface area contributed by atoms with Crippen LogP contribution in [-0.4, -0.2) is 50.4 Å².